The van der Waals surface area contributed by atoms with Crippen LogP contribution in [0, 0.1) is 17.1 Å². The first-order valence-electron chi connectivity index (χ1n) is 6.57. The number of rotatable bonds is 4. The van der Waals surface area contributed by atoms with E-state index in [4.69, 9.17) is 5.26 Å². The Morgan fingerprint density at radius 1 is 1.32 bits per heavy atom. The summed E-state index contributed by atoms with van der Waals surface area (Å²) >= 11 is 0. The fourth-order valence-corrected chi connectivity index (χ4v) is 2.74. The Balaban J connectivity index is 2.16. The van der Waals surface area contributed by atoms with Gasteiger partial charge in [-0.05, 0) is 51.6 Å². The molecular weight excluding hydrogens is 241 g/mol. The summed E-state index contributed by atoms with van der Waals surface area (Å²) in [6.07, 6.45) is 3.55. The topological polar surface area (TPSA) is 30.3 Å². The zero-order valence-electron chi connectivity index (χ0n) is 11.8. The van der Waals surface area contributed by atoms with Gasteiger partial charge in [-0.2, -0.15) is 5.26 Å². The van der Waals surface area contributed by atoms with Crippen LogP contribution in [-0.4, -0.2) is 38.1 Å². The number of halogens is 1. The highest BCUT2D eigenvalue weighted by Gasteiger charge is 2.40. The molecule has 0 atom stereocenters. The first kappa shape index (κ1) is 13.8. The van der Waals surface area contributed by atoms with Crippen LogP contribution in [0.5, 0.6) is 0 Å². The summed E-state index contributed by atoms with van der Waals surface area (Å²) < 4.78 is 14.0. The third kappa shape index (κ3) is 2.57. The molecule has 0 saturated heterocycles. The second-order valence-electron chi connectivity index (χ2n) is 5.61. The fourth-order valence-electron chi connectivity index (χ4n) is 2.74. The standard InChI is InChI=1S/C15H20FN3/c1-18(2)15(7-4-8-15)11-19(3)14-6-5-12(10-17)9-13(14)16/h5-6,9H,4,7-8,11H2,1-3H3. The van der Waals surface area contributed by atoms with Crippen LogP contribution in [0.4, 0.5) is 10.1 Å². The molecule has 1 fully saturated rings. The molecular formula is C15H20FN3. The molecule has 1 saturated carbocycles. The number of nitriles is 1. The fraction of sp³-hybridized carbons (Fsp3) is 0.533. The van der Waals surface area contributed by atoms with E-state index in [0.717, 1.165) is 19.4 Å². The molecule has 4 heteroatoms. The van der Waals surface area contributed by atoms with Gasteiger partial charge in [0.05, 0.1) is 17.3 Å². The lowest BCUT2D eigenvalue weighted by Crippen LogP contribution is -2.56. The van der Waals surface area contributed by atoms with Gasteiger partial charge >= 0.3 is 0 Å². The van der Waals surface area contributed by atoms with Gasteiger partial charge in [0.1, 0.15) is 5.82 Å². The van der Waals surface area contributed by atoms with Crippen LogP contribution in [0.1, 0.15) is 24.8 Å². The second kappa shape index (κ2) is 5.18. The monoisotopic (exact) mass is 261 g/mol. The van der Waals surface area contributed by atoms with Crippen molar-refractivity contribution in [2.75, 3.05) is 32.6 Å². The molecule has 0 N–H and O–H groups in total. The van der Waals surface area contributed by atoms with Gasteiger partial charge < -0.3 is 9.80 Å². The largest absolute Gasteiger partial charge is 0.370 e. The number of likely N-dealkylation sites (N-methyl/N-ethyl adjacent to an activating group) is 2. The van der Waals surface area contributed by atoms with E-state index in [9.17, 15) is 4.39 Å². The summed E-state index contributed by atoms with van der Waals surface area (Å²) in [5.41, 5.74) is 1.09. The Morgan fingerprint density at radius 2 is 2.00 bits per heavy atom. The molecule has 1 aliphatic carbocycles. The highest BCUT2D eigenvalue weighted by molar-refractivity contribution is 5.51. The first-order chi connectivity index (χ1) is 8.98. The zero-order valence-corrected chi connectivity index (χ0v) is 11.8. The van der Waals surface area contributed by atoms with E-state index >= 15 is 0 Å². The van der Waals surface area contributed by atoms with Crippen LogP contribution in [0.15, 0.2) is 18.2 Å². The van der Waals surface area contributed by atoms with Crippen molar-refractivity contribution < 1.29 is 4.39 Å². The van der Waals surface area contributed by atoms with Crippen molar-refractivity contribution in [3.05, 3.63) is 29.6 Å². The van der Waals surface area contributed by atoms with Gasteiger partial charge in [0, 0.05) is 19.1 Å². The quantitative estimate of drug-likeness (QED) is 0.834. The van der Waals surface area contributed by atoms with Crippen molar-refractivity contribution in [1.29, 1.82) is 5.26 Å². The number of benzene rings is 1. The molecule has 102 valence electrons. The van der Waals surface area contributed by atoms with Crippen molar-refractivity contribution in [3.63, 3.8) is 0 Å². The lowest BCUT2D eigenvalue weighted by atomic mass is 9.75. The third-order valence-electron chi connectivity index (χ3n) is 4.25. The summed E-state index contributed by atoms with van der Waals surface area (Å²) in [6.45, 7) is 0.808. The predicted molar refractivity (Wildman–Crippen MR) is 74.7 cm³/mol. The molecule has 1 aromatic carbocycles. The van der Waals surface area contributed by atoms with Crippen LogP contribution < -0.4 is 4.90 Å². The van der Waals surface area contributed by atoms with Gasteiger partial charge in [-0.1, -0.05) is 0 Å². The highest BCUT2D eigenvalue weighted by Crippen LogP contribution is 2.37. The number of anilines is 1. The summed E-state index contributed by atoms with van der Waals surface area (Å²) in [7, 11) is 6.08. The first-order valence-corrected chi connectivity index (χ1v) is 6.57. The minimum Gasteiger partial charge on any atom is -0.370 e. The van der Waals surface area contributed by atoms with Crippen LogP contribution in [-0.2, 0) is 0 Å². The summed E-state index contributed by atoms with van der Waals surface area (Å²) in [4.78, 5) is 4.20. The normalized spacial score (nSPS) is 16.8. The second-order valence-corrected chi connectivity index (χ2v) is 5.61. The summed E-state index contributed by atoms with van der Waals surface area (Å²) in [5.74, 6) is -0.324. The van der Waals surface area contributed by atoms with Gasteiger partial charge in [-0.3, -0.25) is 0 Å². The summed E-state index contributed by atoms with van der Waals surface area (Å²) in [5, 5.41) is 8.76. The Labute approximate surface area is 114 Å². The lowest BCUT2D eigenvalue weighted by Gasteiger charge is -2.49. The SMILES string of the molecule is CN(CC1(N(C)C)CCC1)c1ccc(C#N)cc1F. The number of hydrogen-bond acceptors (Lipinski definition) is 3. The molecule has 2 rings (SSSR count). The van der Waals surface area contributed by atoms with E-state index in [1.807, 2.05) is 18.0 Å². The molecule has 0 radical (unpaired) electrons. The van der Waals surface area contributed by atoms with Crippen molar-refractivity contribution in [2.24, 2.45) is 0 Å². The van der Waals surface area contributed by atoms with Crippen molar-refractivity contribution in [2.45, 2.75) is 24.8 Å². The van der Waals surface area contributed by atoms with E-state index in [1.165, 1.54) is 12.5 Å². The third-order valence-corrected chi connectivity index (χ3v) is 4.25. The zero-order chi connectivity index (χ0) is 14.0. The maximum atomic E-state index is 14.0. The smallest absolute Gasteiger partial charge is 0.147 e. The van der Waals surface area contributed by atoms with E-state index in [2.05, 4.69) is 19.0 Å². The lowest BCUT2D eigenvalue weighted by molar-refractivity contribution is 0.0682. The predicted octanol–water partition coefficient (Wildman–Crippen LogP) is 2.62. The molecule has 0 aliphatic heterocycles. The van der Waals surface area contributed by atoms with Gasteiger partial charge in [0.15, 0.2) is 0 Å². The molecule has 3 nitrogen and oxygen atoms in total. The van der Waals surface area contributed by atoms with Crippen molar-refractivity contribution in [1.82, 2.24) is 4.90 Å². The van der Waals surface area contributed by atoms with Gasteiger partial charge in [0.25, 0.3) is 0 Å². The van der Waals surface area contributed by atoms with Gasteiger partial charge in [-0.15, -0.1) is 0 Å². The molecule has 0 bridgehead atoms. The molecule has 0 unspecified atom stereocenters. The number of hydrogen-bond donors (Lipinski definition) is 0. The molecule has 1 aliphatic rings. The molecule has 1 aromatic rings. The van der Waals surface area contributed by atoms with Crippen LogP contribution in [0.2, 0.25) is 0 Å². The Morgan fingerprint density at radius 3 is 2.42 bits per heavy atom. The van der Waals surface area contributed by atoms with Crippen molar-refractivity contribution >= 4 is 5.69 Å². The average Bonchev–Trinajstić information content (AvgIpc) is 2.32. The van der Waals surface area contributed by atoms with E-state index in [0.29, 0.717) is 11.3 Å². The Bertz CT molecular complexity index is 501. The van der Waals surface area contributed by atoms with Crippen LogP contribution in [0.3, 0.4) is 0 Å². The summed E-state index contributed by atoms with van der Waals surface area (Å²) in [6, 6.07) is 6.61. The highest BCUT2D eigenvalue weighted by atomic mass is 19.1. The van der Waals surface area contributed by atoms with Crippen LogP contribution >= 0.6 is 0 Å². The maximum absolute atomic E-state index is 14.0. The Hall–Kier alpha value is -1.60. The maximum Gasteiger partial charge on any atom is 0.147 e. The molecule has 0 heterocycles. The van der Waals surface area contributed by atoms with Crippen LogP contribution in [0.25, 0.3) is 0 Å². The molecule has 0 spiro atoms. The average molecular weight is 261 g/mol. The van der Waals surface area contributed by atoms with Crippen molar-refractivity contribution in [3.8, 4) is 6.07 Å². The minimum absolute atomic E-state index is 0.162. The van der Waals surface area contributed by atoms with E-state index in [1.54, 1.807) is 12.1 Å². The van der Waals surface area contributed by atoms with E-state index in [-0.39, 0.29) is 11.4 Å². The van der Waals surface area contributed by atoms with E-state index < -0.39 is 0 Å². The van der Waals surface area contributed by atoms with Gasteiger partial charge in [-0.25, -0.2) is 4.39 Å². The molecule has 19 heavy (non-hydrogen) atoms. The molecule has 0 amide bonds. The molecule has 0 aromatic heterocycles. The van der Waals surface area contributed by atoms with Gasteiger partial charge in [0.2, 0.25) is 0 Å². The number of nitrogens with zero attached hydrogens (tertiary/aromatic N) is 3. The minimum atomic E-state index is -0.324. The Kier molecular flexibility index (Phi) is 3.77.